The lowest BCUT2D eigenvalue weighted by atomic mass is 10.1. The fraction of sp³-hybridized carbons (Fsp3) is 0.462. The Kier molecular flexibility index (Phi) is 4.99. The SMILES string of the molecule is CCC(NC(C)c1ccccc1)C(=O)OC. The summed E-state index contributed by atoms with van der Waals surface area (Å²) in [6.45, 7) is 4.01. The van der Waals surface area contributed by atoms with Gasteiger partial charge in [-0.25, -0.2) is 0 Å². The highest BCUT2D eigenvalue weighted by atomic mass is 16.5. The summed E-state index contributed by atoms with van der Waals surface area (Å²) in [5.74, 6) is -0.203. The van der Waals surface area contributed by atoms with Gasteiger partial charge in [0.05, 0.1) is 7.11 Å². The molecule has 3 heteroatoms. The summed E-state index contributed by atoms with van der Waals surface area (Å²) in [4.78, 5) is 11.4. The standard InChI is InChI=1S/C13H19NO2/c1-4-12(13(15)16-3)14-10(2)11-8-6-5-7-9-11/h5-10,12,14H,4H2,1-3H3. The van der Waals surface area contributed by atoms with Crippen LogP contribution in [-0.2, 0) is 9.53 Å². The van der Waals surface area contributed by atoms with Gasteiger partial charge in [0, 0.05) is 6.04 Å². The molecule has 0 radical (unpaired) electrons. The molecule has 0 aliphatic rings. The Balaban J connectivity index is 2.62. The second-order valence-corrected chi connectivity index (χ2v) is 3.78. The number of rotatable bonds is 5. The second-order valence-electron chi connectivity index (χ2n) is 3.78. The molecule has 1 aromatic rings. The van der Waals surface area contributed by atoms with Crippen molar-refractivity contribution in [2.24, 2.45) is 0 Å². The number of methoxy groups -OCH3 is 1. The van der Waals surface area contributed by atoms with E-state index < -0.39 is 0 Å². The van der Waals surface area contributed by atoms with E-state index in [-0.39, 0.29) is 18.1 Å². The first kappa shape index (κ1) is 12.7. The fourth-order valence-electron chi connectivity index (χ4n) is 1.63. The topological polar surface area (TPSA) is 38.3 Å². The first-order valence-electron chi connectivity index (χ1n) is 5.57. The van der Waals surface area contributed by atoms with E-state index in [1.54, 1.807) is 0 Å². The summed E-state index contributed by atoms with van der Waals surface area (Å²) in [7, 11) is 1.42. The molecule has 1 aromatic carbocycles. The average Bonchev–Trinajstić information content (AvgIpc) is 2.35. The van der Waals surface area contributed by atoms with E-state index in [2.05, 4.69) is 5.32 Å². The van der Waals surface area contributed by atoms with Crippen molar-refractivity contribution in [2.45, 2.75) is 32.4 Å². The molecular formula is C13H19NO2. The van der Waals surface area contributed by atoms with Gasteiger partial charge in [-0.05, 0) is 18.9 Å². The van der Waals surface area contributed by atoms with Gasteiger partial charge in [0.15, 0.2) is 0 Å². The van der Waals surface area contributed by atoms with Crippen LogP contribution in [0.3, 0.4) is 0 Å². The Morgan fingerprint density at radius 2 is 2.00 bits per heavy atom. The van der Waals surface area contributed by atoms with E-state index in [1.165, 1.54) is 12.7 Å². The van der Waals surface area contributed by atoms with Crippen molar-refractivity contribution in [2.75, 3.05) is 7.11 Å². The highest BCUT2D eigenvalue weighted by Crippen LogP contribution is 2.13. The lowest BCUT2D eigenvalue weighted by Gasteiger charge is -2.20. The molecular weight excluding hydrogens is 202 g/mol. The van der Waals surface area contributed by atoms with Gasteiger partial charge in [0.25, 0.3) is 0 Å². The van der Waals surface area contributed by atoms with Crippen molar-refractivity contribution in [1.29, 1.82) is 0 Å². The maximum Gasteiger partial charge on any atom is 0.322 e. The molecule has 0 saturated heterocycles. The highest BCUT2D eigenvalue weighted by Gasteiger charge is 2.19. The van der Waals surface area contributed by atoms with Gasteiger partial charge in [0.1, 0.15) is 6.04 Å². The van der Waals surface area contributed by atoms with E-state index in [0.29, 0.717) is 0 Å². The van der Waals surface area contributed by atoms with Crippen molar-refractivity contribution in [3.05, 3.63) is 35.9 Å². The summed E-state index contributed by atoms with van der Waals surface area (Å²) in [6, 6.07) is 9.96. The normalized spacial score (nSPS) is 14.2. The van der Waals surface area contributed by atoms with Gasteiger partial charge >= 0.3 is 5.97 Å². The number of esters is 1. The molecule has 0 spiro atoms. The Hall–Kier alpha value is -1.35. The number of hydrogen-bond donors (Lipinski definition) is 1. The van der Waals surface area contributed by atoms with Crippen molar-refractivity contribution in [3.8, 4) is 0 Å². The largest absolute Gasteiger partial charge is 0.468 e. The van der Waals surface area contributed by atoms with E-state index in [9.17, 15) is 4.79 Å². The number of hydrogen-bond acceptors (Lipinski definition) is 3. The molecule has 0 aliphatic heterocycles. The minimum Gasteiger partial charge on any atom is -0.468 e. The van der Waals surface area contributed by atoms with Gasteiger partial charge in [-0.1, -0.05) is 37.3 Å². The molecule has 2 unspecified atom stereocenters. The Bertz CT molecular complexity index is 324. The van der Waals surface area contributed by atoms with Crippen LogP contribution in [0.25, 0.3) is 0 Å². The van der Waals surface area contributed by atoms with Crippen LogP contribution in [0.2, 0.25) is 0 Å². The quantitative estimate of drug-likeness (QED) is 0.775. The number of nitrogens with one attached hydrogen (secondary N) is 1. The molecule has 0 amide bonds. The first-order valence-corrected chi connectivity index (χ1v) is 5.57. The lowest BCUT2D eigenvalue weighted by Crippen LogP contribution is -2.38. The number of carbonyl (C=O) groups is 1. The lowest BCUT2D eigenvalue weighted by molar-refractivity contribution is -0.143. The smallest absolute Gasteiger partial charge is 0.322 e. The third-order valence-electron chi connectivity index (χ3n) is 2.64. The van der Waals surface area contributed by atoms with Crippen molar-refractivity contribution in [1.82, 2.24) is 5.32 Å². The van der Waals surface area contributed by atoms with Crippen LogP contribution in [0.5, 0.6) is 0 Å². The molecule has 88 valence electrons. The summed E-state index contributed by atoms with van der Waals surface area (Å²) in [6.07, 6.45) is 0.726. The van der Waals surface area contributed by atoms with Gasteiger partial charge in [-0.15, -0.1) is 0 Å². The molecule has 1 N–H and O–H groups in total. The van der Waals surface area contributed by atoms with Crippen LogP contribution < -0.4 is 5.32 Å². The Morgan fingerprint density at radius 3 is 2.50 bits per heavy atom. The summed E-state index contributed by atoms with van der Waals surface area (Å²) in [5.41, 5.74) is 1.17. The zero-order valence-electron chi connectivity index (χ0n) is 10.1. The molecule has 16 heavy (non-hydrogen) atoms. The summed E-state index contributed by atoms with van der Waals surface area (Å²) in [5, 5.41) is 3.26. The minimum absolute atomic E-state index is 0.144. The van der Waals surface area contributed by atoms with E-state index in [1.807, 2.05) is 44.2 Å². The molecule has 0 fully saturated rings. The minimum atomic E-state index is -0.236. The molecule has 0 saturated carbocycles. The molecule has 0 bridgehead atoms. The van der Waals surface area contributed by atoms with E-state index in [0.717, 1.165) is 6.42 Å². The van der Waals surface area contributed by atoms with Crippen molar-refractivity contribution >= 4 is 5.97 Å². The predicted octanol–water partition coefficient (Wildman–Crippen LogP) is 2.29. The maximum absolute atomic E-state index is 11.4. The highest BCUT2D eigenvalue weighted by molar-refractivity contribution is 5.75. The number of ether oxygens (including phenoxy) is 1. The van der Waals surface area contributed by atoms with Crippen molar-refractivity contribution < 1.29 is 9.53 Å². The van der Waals surface area contributed by atoms with Crippen molar-refractivity contribution in [3.63, 3.8) is 0 Å². The van der Waals surface area contributed by atoms with Crippen LogP contribution in [0.15, 0.2) is 30.3 Å². The average molecular weight is 221 g/mol. The molecule has 1 rings (SSSR count). The predicted molar refractivity (Wildman–Crippen MR) is 64.1 cm³/mol. The van der Waals surface area contributed by atoms with Gasteiger partial charge in [0.2, 0.25) is 0 Å². The second kappa shape index (κ2) is 6.28. The zero-order valence-corrected chi connectivity index (χ0v) is 10.1. The fourth-order valence-corrected chi connectivity index (χ4v) is 1.63. The molecule has 0 aliphatic carbocycles. The Morgan fingerprint density at radius 1 is 1.38 bits per heavy atom. The van der Waals surface area contributed by atoms with Crippen LogP contribution in [0, 0.1) is 0 Å². The van der Waals surface area contributed by atoms with E-state index >= 15 is 0 Å². The van der Waals surface area contributed by atoms with Crippen LogP contribution >= 0.6 is 0 Å². The monoisotopic (exact) mass is 221 g/mol. The maximum atomic E-state index is 11.4. The molecule has 0 aromatic heterocycles. The molecule has 2 atom stereocenters. The van der Waals surface area contributed by atoms with Gasteiger partial charge < -0.3 is 4.74 Å². The number of benzene rings is 1. The summed E-state index contributed by atoms with van der Waals surface area (Å²) >= 11 is 0. The van der Waals surface area contributed by atoms with Gasteiger partial charge in [-0.2, -0.15) is 0 Å². The first-order chi connectivity index (χ1) is 7.69. The molecule has 3 nitrogen and oxygen atoms in total. The Labute approximate surface area is 96.8 Å². The molecule has 0 heterocycles. The third-order valence-corrected chi connectivity index (χ3v) is 2.64. The number of carbonyl (C=O) groups excluding carboxylic acids is 1. The zero-order chi connectivity index (χ0) is 12.0. The summed E-state index contributed by atoms with van der Waals surface area (Å²) < 4.78 is 4.74. The van der Waals surface area contributed by atoms with Crippen LogP contribution in [0.1, 0.15) is 31.9 Å². The van der Waals surface area contributed by atoms with Gasteiger partial charge in [-0.3, -0.25) is 10.1 Å². The van der Waals surface area contributed by atoms with Crippen LogP contribution in [-0.4, -0.2) is 19.1 Å². The third kappa shape index (κ3) is 3.35. The van der Waals surface area contributed by atoms with Crippen LogP contribution in [0.4, 0.5) is 0 Å². The van der Waals surface area contributed by atoms with E-state index in [4.69, 9.17) is 4.74 Å².